The molecule has 4 fully saturated rings. The van der Waals surface area contributed by atoms with E-state index in [4.69, 9.17) is 14.2 Å². The normalized spacial score (nSPS) is 13.4. The fourth-order valence-corrected chi connectivity index (χ4v) is 18.2. The zero-order valence-electron chi connectivity index (χ0n) is 89.6. The number of thiazole rings is 4. The van der Waals surface area contributed by atoms with Crippen molar-refractivity contribution < 1.29 is 62.2 Å². The summed E-state index contributed by atoms with van der Waals surface area (Å²) in [7, 11) is 3.95. The monoisotopic (exact) mass is 2120 g/mol. The Hall–Kier alpha value is -11.5. The lowest BCUT2D eigenvalue weighted by molar-refractivity contribution is 0.0928. The van der Waals surface area contributed by atoms with Gasteiger partial charge in [0, 0.05) is 200 Å². The highest BCUT2D eigenvalue weighted by molar-refractivity contribution is 9.11. The Kier molecular flexibility index (Phi) is 52.1. The van der Waals surface area contributed by atoms with E-state index in [9.17, 15) is 47.9 Å². The minimum Gasteiger partial charge on any atom is -0.378 e. The molecule has 24 nitrogen and oxygen atoms in total. The number of hydrogen-bond donors (Lipinski definition) is 0. The van der Waals surface area contributed by atoms with Gasteiger partial charge in [-0.1, -0.05) is 271 Å². The Morgan fingerprint density at radius 1 is 0.315 bits per heavy atom. The molecule has 4 aliphatic rings. The number of Topliss-reactive ketones (excluding diaryl/α,β-unsaturated/α-hetero) is 10. The van der Waals surface area contributed by atoms with Crippen LogP contribution in [0.15, 0.2) is 221 Å². The molecule has 0 amide bonds. The van der Waals surface area contributed by atoms with Crippen molar-refractivity contribution in [1.82, 2.24) is 34.6 Å². The molecule has 0 radical (unpaired) electrons. The van der Waals surface area contributed by atoms with Crippen molar-refractivity contribution in [2.75, 3.05) is 132 Å². The van der Waals surface area contributed by atoms with Crippen molar-refractivity contribution in [2.45, 2.75) is 152 Å². The number of aryl methyl sites for hydroxylation is 3. The van der Waals surface area contributed by atoms with Gasteiger partial charge >= 0.3 is 0 Å². The van der Waals surface area contributed by atoms with Crippen molar-refractivity contribution in [1.29, 1.82) is 0 Å². The molecule has 0 atom stereocenters. The molecule has 0 bridgehead atoms. The largest absolute Gasteiger partial charge is 0.378 e. The molecule has 9 heterocycles. The van der Waals surface area contributed by atoms with E-state index in [2.05, 4.69) is 96.8 Å². The van der Waals surface area contributed by atoms with E-state index in [0.717, 1.165) is 174 Å². The lowest BCUT2D eigenvalue weighted by Crippen LogP contribution is -2.44. The zero-order chi connectivity index (χ0) is 107. The maximum Gasteiger partial charge on any atom is 0.193 e. The maximum atomic E-state index is 12.0. The van der Waals surface area contributed by atoms with Crippen LogP contribution in [-0.2, 0) is 21.3 Å². The van der Waals surface area contributed by atoms with Crippen molar-refractivity contribution in [2.24, 2.45) is 66.2 Å². The van der Waals surface area contributed by atoms with Gasteiger partial charge in [0.15, 0.2) is 73.0 Å². The predicted octanol–water partition coefficient (Wildman–Crippen LogP) is 25.8. The van der Waals surface area contributed by atoms with E-state index >= 15 is 0 Å². The Morgan fingerprint density at radius 2 is 0.671 bits per heavy atom. The molecule has 0 spiro atoms. The number of piperazine rings is 1. The summed E-state index contributed by atoms with van der Waals surface area (Å²) >= 11 is 9.15. The highest BCUT2D eigenvalue weighted by atomic mass is 79.9. The Balaban J connectivity index is 0.000000221. The second kappa shape index (κ2) is 62.6. The van der Waals surface area contributed by atoms with Gasteiger partial charge < -0.3 is 38.7 Å². The molecule has 146 heavy (non-hydrogen) atoms. The third-order valence-electron chi connectivity index (χ3n) is 23.2. The quantitative estimate of drug-likeness (QED) is 0.0455. The molecule has 0 aliphatic carbocycles. The van der Waals surface area contributed by atoms with E-state index in [-0.39, 0.29) is 117 Å². The van der Waals surface area contributed by atoms with Crippen LogP contribution in [0.4, 0.5) is 22.2 Å². The summed E-state index contributed by atoms with van der Waals surface area (Å²) in [5.74, 6) is 2.18. The van der Waals surface area contributed by atoms with Crippen molar-refractivity contribution in [3.05, 3.63) is 287 Å². The van der Waals surface area contributed by atoms with Gasteiger partial charge in [0.25, 0.3) is 0 Å². The van der Waals surface area contributed by atoms with Gasteiger partial charge in [0.05, 0.1) is 71.3 Å². The third-order valence-corrected chi connectivity index (χ3v) is 27.4. The summed E-state index contributed by atoms with van der Waals surface area (Å²) in [6.45, 7) is 56.3. The number of carbonyl (C=O) groups is 10. The van der Waals surface area contributed by atoms with Crippen LogP contribution < -0.4 is 19.6 Å². The van der Waals surface area contributed by atoms with Gasteiger partial charge in [-0.05, 0) is 108 Å². The maximum absolute atomic E-state index is 12.0. The fraction of sp³-hybridized carbons (Fsp3) is 0.427. The Labute approximate surface area is 890 Å². The number of aromatic nitrogens is 6. The van der Waals surface area contributed by atoms with E-state index in [1.165, 1.54) is 50.9 Å². The fourth-order valence-electron chi connectivity index (χ4n) is 14.4. The number of likely N-dealkylation sites (N-methyl/N-ethyl adjacent to an activating group) is 1. The molecule has 4 aliphatic heterocycles. The number of hydrogen-bond acceptors (Lipinski definition) is 27. The molecule has 0 saturated carbocycles. The molecule has 782 valence electrons. The summed E-state index contributed by atoms with van der Waals surface area (Å²) in [4.78, 5) is 145. The van der Waals surface area contributed by atoms with E-state index < -0.39 is 0 Å². The van der Waals surface area contributed by atoms with Crippen molar-refractivity contribution in [3.8, 4) is 21.6 Å². The molecule has 0 unspecified atom stereocenters. The molecule has 7 aromatic carbocycles. The average molecular weight is 2130 g/mol. The molecule has 0 N–H and O–H groups in total. The summed E-state index contributed by atoms with van der Waals surface area (Å²) in [6, 6.07) is 59.6. The van der Waals surface area contributed by atoms with Crippen LogP contribution in [0.2, 0.25) is 0 Å². The molecule has 29 heteroatoms. The summed E-state index contributed by atoms with van der Waals surface area (Å²) < 4.78 is 18.5. The second-order valence-electron chi connectivity index (χ2n) is 38.8. The lowest BCUT2D eigenvalue weighted by Gasteiger charge is -2.34. The van der Waals surface area contributed by atoms with Crippen molar-refractivity contribution >= 4 is 141 Å². The lowest BCUT2D eigenvalue weighted by atomic mass is 9.98. The predicted molar refractivity (Wildman–Crippen MR) is 602 cm³/mol. The standard InChI is InChI=1S/C16H16O.C15H22N2O.2C14H19NO2.C13H13NOS.C11H16N2O2S.C11H14O.C8H12N2O.C8H11NOS.C7H8BrNOS/c1-12(2)16(17)15-10-8-14(9-11-15)13-6-4-3-5-7-13;1-12(2)15(18)13-5-4-6-14(11-13)17-9-7-16(3)8-10-17;1-11(2)14(16)12-3-5-13(6-4-12)15-7-9-17-10-8-15;1-11(2)14(16)12-4-3-5-13(10-12)15-6-8-17-9-7-15;1-9(2)12(15)13-14-8-11(16-13)10-6-4-3-5-7-10;1-8(2)10(14)9-7-16-11(12-9)13-3-5-15-6-4-13;1-8(2)11(12)10-6-4-5-9(3)7-10;1-6(2)8(11)7-4-9-10(3)5-7;1-5(2)8(10)7-4-11-6(3)9-7;1-4(2)6(10)7-9-3-5(8)11-7/h3-12H,1-2H3;4-6,11-12H,7-10H2,1-3H3;3-6,11H,7-10H2,1-2H3;3-5,10-11H,6-9H2,1-2H3;3-9H,1-2H3;7-8H,3-6H2,1-2H3;4-8H,1-3H3;4-6H,1-3H3;4-5H,1-3H3;3-4H,1-2H3. The van der Waals surface area contributed by atoms with E-state index in [0.29, 0.717) is 27.0 Å². The minimum atomic E-state index is 0.00905. The highest BCUT2D eigenvalue weighted by Gasteiger charge is 2.25. The number of anilines is 4. The average Bonchev–Trinajstić information content (AvgIpc) is 1.17. The van der Waals surface area contributed by atoms with Crippen LogP contribution in [0.3, 0.4) is 0 Å². The first kappa shape index (κ1) is 121. The number of benzene rings is 7. The van der Waals surface area contributed by atoms with Crippen LogP contribution in [0.5, 0.6) is 0 Å². The summed E-state index contributed by atoms with van der Waals surface area (Å²) in [5.41, 5.74) is 14.0. The first-order chi connectivity index (χ1) is 69.4. The third kappa shape index (κ3) is 40.6. The number of ketones is 10. The summed E-state index contributed by atoms with van der Waals surface area (Å²) in [5, 5.41) is 10.7. The molecule has 5 aromatic heterocycles. The number of halogens is 1. The second-order valence-corrected chi connectivity index (χ2v) is 44.1. The molecular weight excluding hydrogens is 1980 g/mol. The first-order valence-corrected chi connectivity index (χ1v) is 54.5. The number of nitrogens with zero attached hydrogens (tertiary/aromatic N) is 11. The topological polar surface area (TPSA) is 284 Å². The van der Waals surface area contributed by atoms with Gasteiger partial charge in [-0.2, -0.15) is 5.10 Å². The number of ether oxygens (including phenoxy) is 3. The first-order valence-electron chi connectivity index (χ1n) is 50.3. The highest BCUT2D eigenvalue weighted by Crippen LogP contribution is 2.31. The van der Waals surface area contributed by atoms with E-state index in [1.807, 2.05) is 321 Å². The van der Waals surface area contributed by atoms with Crippen LogP contribution in [0, 0.1) is 73.0 Å². The smallest absolute Gasteiger partial charge is 0.193 e. The molecular formula is C117H150BrN11O13S4. The van der Waals surface area contributed by atoms with Gasteiger partial charge in [0.1, 0.15) is 11.4 Å². The van der Waals surface area contributed by atoms with Crippen LogP contribution in [0.25, 0.3) is 21.6 Å². The van der Waals surface area contributed by atoms with Crippen molar-refractivity contribution in [3.63, 3.8) is 0 Å². The Bertz CT molecular complexity index is 5920. The number of rotatable bonds is 26. The van der Waals surface area contributed by atoms with Gasteiger partial charge in [0.2, 0.25) is 0 Å². The van der Waals surface area contributed by atoms with Crippen LogP contribution in [-0.4, -0.2) is 205 Å². The summed E-state index contributed by atoms with van der Waals surface area (Å²) in [6.07, 6.45) is 6.76. The Morgan fingerprint density at radius 3 is 1.07 bits per heavy atom. The van der Waals surface area contributed by atoms with Crippen LogP contribution in [0.1, 0.15) is 252 Å². The molecule has 4 saturated heterocycles. The van der Waals surface area contributed by atoms with Crippen LogP contribution >= 0.6 is 61.3 Å². The zero-order valence-corrected chi connectivity index (χ0v) is 94.5. The minimum absolute atomic E-state index is 0.00905. The SMILES string of the molecule is CC(C)C(=O)c1ccc(-c2ccccc2)cc1.CC(C)C(=O)c1ccc(N2CCOCC2)cc1.CC(C)C(=O)c1cccc(N2CCN(C)CC2)c1.CC(C)C(=O)c1cccc(N2CCOCC2)c1.CC(C)C(=O)c1cnn(C)c1.CC(C)C(=O)c1csc(N2CCOCC2)n1.CC(C)C(=O)c1ncc(-c2ccccc2)s1.CC(C)C(=O)c1ncc(Br)s1.Cc1cccc(C(=O)C(C)C)c1.Cc1nc(C(=O)C(C)C)cs1. The van der Waals surface area contributed by atoms with Gasteiger partial charge in [-0.3, -0.25) is 52.6 Å². The number of morpholine rings is 3. The van der Waals surface area contributed by atoms with E-state index in [1.54, 1.807) is 47.9 Å². The van der Waals surface area contributed by atoms with Gasteiger partial charge in [-0.25, -0.2) is 19.9 Å². The molecule has 16 rings (SSSR count). The number of carbonyl (C=O) groups excluding carboxylic acids is 10. The van der Waals surface area contributed by atoms with Gasteiger partial charge in [-0.15, -0.1) is 45.3 Å². The molecule has 12 aromatic rings.